The Morgan fingerprint density at radius 2 is 1.95 bits per heavy atom. The number of nitrogens with zero attached hydrogens (tertiary/aromatic N) is 1. The third-order valence-corrected chi connectivity index (χ3v) is 8.47. The number of carbonyl (C=O) groups is 1. The van der Waals surface area contributed by atoms with Crippen molar-refractivity contribution in [2.45, 2.75) is 99.8 Å². The fraction of sp³-hybridized carbons (Fsp3) is 0.833. The summed E-state index contributed by atoms with van der Waals surface area (Å²) in [4.78, 5) is 27.2. The molecule has 0 radical (unpaired) electrons. The van der Waals surface area contributed by atoms with Gasteiger partial charge in [-0.15, -0.1) is 23.4 Å². The van der Waals surface area contributed by atoms with Crippen molar-refractivity contribution in [2.75, 3.05) is 19.5 Å². The number of aliphatic hydroxyl groups is 3. The summed E-state index contributed by atoms with van der Waals surface area (Å²) in [6.07, 6.45) is -0.458. The standard InChI is InChI=1S/C24H38ClFN2O8S/c1-12(25)17(21-19(30)18(29)20(31)23(36-21)37-3)27-22(32)15-7-6-14(5-4-9-26)8-10-28(15)11-16-13(2)34-24(33)35-16/h12,14-15,17-21,23,29-31H,4-11H2,1-3H3,(H,27,32)/t12-,14-,15-,17+,18-,19+,20+,21+,23+/m0/s1. The molecule has 10 nitrogen and oxygen atoms in total. The molecule has 37 heavy (non-hydrogen) atoms. The molecule has 1 aromatic heterocycles. The number of amides is 1. The zero-order chi connectivity index (χ0) is 27.3. The fourth-order valence-corrected chi connectivity index (χ4v) is 6.04. The summed E-state index contributed by atoms with van der Waals surface area (Å²) < 4.78 is 28.8. The number of hydrogen-bond acceptors (Lipinski definition) is 10. The quantitative estimate of drug-likeness (QED) is 0.307. The molecule has 9 atom stereocenters. The van der Waals surface area contributed by atoms with E-state index in [9.17, 15) is 29.3 Å². The van der Waals surface area contributed by atoms with E-state index in [2.05, 4.69) is 5.32 Å². The van der Waals surface area contributed by atoms with Gasteiger partial charge in [0, 0.05) is 0 Å². The van der Waals surface area contributed by atoms with Gasteiger partial charge in [0.2, 0.25) is 5.91 Å². The summed E-state index contributed by atoms with van der Waals surface area (Å²) in [7, 11) is 0. The first kappa shape index (κ1) is 30.4. The van der Waals surface area contributed by atoms with Crippen molar-refractivity contribution in [3.8, 4) is 0 Å². The van der Waals surface area contributed by atoms with E-state index < -0.39 is 53.1 Å². The van der Waals surface area contributed by atoms with Crippen LogP contribution < -0.4 is 11.1 Å². The summed E-state index contributed by atoms with van der Waals surface area (Å²) in [5, 5.41) is 33.5. The molecule has 13 heteroatoms. The number of halogens is 2. The van der Waals surface area contributed by atoms with Gasteiger partial charge in [0.15, 0.2) is 5.76 Å². The Hall–Kier alpha value is -1.15. The molecular formula is C24H38ClFN2O8S. The first-order chi connectivity index (χ1) is 17.6. The minimum atomic E-state index is -1.47. The first-order valence-corrected chi connectivity index (χ1v) is 14.4. The average molecular weight is 569 g/mol. The van der Waals surface area contributed by atoms with Gasteiger partial charge in [-0.05, 0) is 64.7 Å². The molecule has 3 heterocycles. The van der Waals surface area contributed by atoms with E-state index >= 15 is 0 Å². The van der Waals surface area contributed by atoms with Crippen LogP contribution in [0.3, 0.4) is 0 Å². The zero-order valence-corrected chi connectivity index (χ0v) is 22.9. The van der Waals surface area contributed by atoms with Crippen LogP contribution in [0.25, 0.3) is 0 Å². The average Bonchev–Trinajstić information content (AvgIpc) is 3.04. The lowest BCUT2D eigenvalue weighted by atomic mass is 9.92. The largest absolute Gasteiger partial charge is 0.519 e. The van der Waals surface area contributed by atoms with Crippen LogP contribution in [0.5, 0.6) is 0 Å². The summed E-state index contributed by atoms with van der Waals surface area (Å²) in [6.45, 7) is 3.57. The number of ether oxygens (including phenoxy) is 1. The molecule has 0 bridgehead atoms. The molecule has 1 amide bonds. The van der Waals surface area contributed by atoms with E-state index in [-0.39, 0.29) is 25.0 Å². The van der Waals surface area contributed by atoms with Crippen molar-refractivity contribution in [3.05, 3.63) is 22.1 Å². The highest BCUT2D eigenvalue weighted by Gasteiger charge is 2.48. The molecule has 2 saturated heterocycles. The van der Waals surface area contributed by atoms with Gasteiger partial charge in [-0.2, -0.15) is 0 Å². The molecule has 0 aromatic carbocycles. The monoisotopic (exact) mass is 568 g/mol. The normalized spacial score (nSPS) is 33.0. The minimum Gasteiger partial charge on any atom is -0.396 e. The van der Waals surface area contributed by atoms with Crippen LogP contribution in [0.2, 0.25) is 0 Å². The fourth-order valence-electron chi connectivity index (χ4n) is 5.15. The second kappa shape index (κ2) is 13.8. The van der Waals surface area contributed by atoms with Gasteiger partial charge in [0.25, 0.3) is 0 Å². The van der Waals surface area contributed by atoms with Gasteiger partial charge in [-0.3, -0.25) is 14.1 Å². The predicted molar refractivity (Wildman–Crippen MR) is 136 cm³/mol. The number of hydrogen-bond donors (Lipinski definition) is 4. The van der Waals surface area contributed by atoms with E-state index in [1.807, 2.05) is 4.90 Å². The molecule has 2 aliphatic rings. The van der Waals surface area contributed by atoms with Gasteiger partial charge >= 0.3 is 5.82 Å². The summed E-state index contributed by atoms with van der Waals surface area (Å²) in [6, 6.07) is -1.50. The minimum absolute atomic E-state index is 0.175. The number of aliphatic hydroxyl groups excluding tert-OH is 3. The molecule has 212 valence electrons. The van der Waals surface area contributed by atoms with Crippen molar-refractivity contribution in [2.24, 2.45) is 5.92 Å². The summed E-state index contributed by atoms with van der Waals surface area (Å²) in [5.74, 6) is -0.252. The summed E-state index contributed by atoms with van der Waals surface area (Å²) >= 11 is 7.61. The molecule has 3 rings (SSSR count). The maximum Gasteiger partial charge on any atom is 0.519 e. The number of aryl methyl sites for hydroxylation is 1. The van der Waals surface area contributed by atoms with E-state index in [0.717, 1.165) is 12.8 Å². The highest BCUT2D eigenvalue weighted by atomic mass is 35.5. The Bertz CT molecular complexity index is 931. The van der Waals surface area contributed by atoms with E-state index in [1.165, 1.54) is 11.8 Å². The molecule has 4 N–H and O–H groups in total. The van der Waals surface area contributed by atoms with Gasteiger partial charge in [0.05, 0.1) is 30.7 Å². The molecule has 0 spiro atoms. The first-order valence-electron chi connectivity index (χ1n) is 12.6. The van der Waals surface area contributed by atoms with Crippen molar-refractivity contribution in [1.29, 1.82) is 0 Å². The lowest BCUT2D eigenvalue weighted by Crippen LogP contribution is -2.65. The molecular weight excluding hydrogens is 531 g/mol. The highest BCUT2D eigenvalue weighted by Crippen LogP contribution is 2.31. The van der Waals surface area contributed by atoms with Crippen LogP contribution in [0, 0.1) is 12.8 Å². The molecule has 0 unspecified atom stereocenters. The SMILES string of the molecule is CS[C@H]1O[C@H]([C@H](NC(=O)[C@@H]2CC[C@H](CCCF)CCN2Cc2oc(=O)oc2C)[C@H](C)Cl)[C@H](O)[C@H](O)[C@H]1O. The van der Waals surface area contributed by atoms with Crippen LogP contribution in [-0.4, -0.2) is 92.9 Å². The number of carbonyl (C=O) groups excluding carboxylic acids is 1. The third-order valence-electron chi connectivity index (χ3n) is 7.34. The van der Waals surface area contributed by atoms with E-state index in [4.69, 9.17) is 25.2 Å². The van der Waals surface area contributed by atoms with Crippen molar-refractivity contribution < 1.29 is 38.1 Å². The van der Waals surface area contributed by atoms with Crippen molar-refractivity contribution in [1.82, 2.24) is 10.2 Å². The smallest absolute Gasteiger partial charge is 0.396 e. The Morgan fingerprint density at radius 3 is 2.54 bits per heavy atom. The highest BCUT2D eigenvalue weighted by molar-refractivity contribution is 7.99. The van der Waals surface area contributed by atoms with Crippen molar-refractivity contribution >= 4 is 29.3 Å². The molecule has 0 saturated carbocycles. The number of rotatable bonds is 10. The number of nitrogens with one attached hydrogen (secondary N) is 1. The topological polar surface area (TPSA) is 146 Å². The Kier molecular flexibility index (Phi) is 11.3. The van der Waals surface area contributed by atoms with Crippen LogP contribution >= 0.6 is 23.4 Å². The van der Waals surface area contributed by atoms with Gasteiger partial charge < -0.3 is 34.2 Å². The maximum atomic E-state index is 13.7. The maximum absolute atomic E-state index is 13.7. The lowest BCUT2D eigenvalue weighted by Gasteiger charge is -2.44. The number of thioether (sulfide) groups is 1. The van der Waals surface area contributed by atoms with E-state index in [1.54, 1.807) is 20.1 Å². The van der Waals surface area contributed by atoms with E-state index in [0.29, 0.717) is 37.3 Å². The molecule has 0 aliphatic carbocycles. The van der Waals surface area contributed by atoms with Crippen LogP contribution in [0.4, 0.5) is 4.39 Å². The Labute approximate surface area is 224 Å². The third kappa shape index (κ3) is 7.49. The Balaban J connectivity index is 1.81. The second-order valence-electron chi connectivity index (χ2n) is 9.87. The van der Waals surface area contributed by atoms with Crippen LogP contribution in [-0.2, 0) is 16.1 Å². The van der Waals surface area contributed by atoms with Gasteiger partial charge in [0.1, 0.15) is 35.6 Å². The summed E-state index contributed by atoms with van der Waals surface area (Å²) in [5.41, 5.74) is -0.809. The predicted octanol–water partition coefficient (Wildman–Crippen LogP) is 1.54. The number of alkyl halides is 2. The van der Waals surface area contributed by atoms with Gasteiger partial charge in [-0.25, -0.2) is 4.79 Å². The molecule has 2 aliphatic heterocycles. The van der Waals surface area contributed by atoms with Gasteiger partial charge in [-0.1, -0.05) is 0 Å². The lowest BCUT2D eigenvalue weighted by molar-refractivity contribution is -0.205. The molecule has 2 fully saturated rings. The van der Waals surface area contributed by atoms with Crippen LogP contribution in [0.1, 0.15) is 50.5 Å². The van der Waals surface area contributed by atoms with Crippen molar-refractivity contribution in [3.63, 3.8) is 0 Å². The molecule has 1 aromatic rings. The van der Waals surface area contributed by atoms with Crippen LogP contribution in [0.15, 0.2) is 13.6 Å². The zero-order valence-electron chi connectivity index (χ0n) is 21.3. The number of likely N-dealkylation sites (tertiary alicyclic amines) is 1. The second-order valence-corrected chi connectivity index (χ2v) is 11.5. The Morgan fingerprint density at radius 1 is 1.22 bits per heavy atom.